The number of alkyl halides is 3. The van der Waals surface area contributed by atoms with Crippen LogP contribution in [0.5, 0.6) is 0 Å². The molecule has 0 heterocycles. The standard InChI is InChI=1S/C18H15ClF3NO5S/c1-10(28-17(25)11-3-6-13(7-4-11)29(2,26)27)16(24)23-12-5-8-15(19)14(9-12)18(20,21)22/h3-10H,1-2H3,(H,23,24). The Hall–Kier alpha value is -2.59. The third-order valence-corrected chi connectivity index (χ3v) is 5.17. The SMILES string of the molecule is CC(OC(=O)c1ccc(S(C)(=O)=O)cc1)C(=O)Nc1ccc(Cl)c(C(F)(F)F)c1. The van der Waals surface area contributed by atoms with Gasteiger partial charge in [0.15, 0.2) is 15.9 Å². The number of esters is 1. The minimum atomic E-state index is -4.70. The van der Waals surface area contributed by atoms with Gasteiger partial charge < -0.3 is 10.1 Å². The minimum absolute atomic E-state index is 0.00269. The van der Waals surface area contributed by atoms with Crippen LogP contribution < -0.4 is 5.32 Å². The molecule has 0 aliphatic heterocycles. The molecule has 0 spiro atoms. The van der Waals surface area contributed by atoms with Crippen molar-refractivity contribution in [2.24, 2.45) is 0 Å². The molecule has 11 heteroatoms. The second-order valence-corrected chi connectivity index (χ2v) is 8.45. The molecule has 0 radical (unpaired) electrons. The van der Waals surface area contributed by atoms with Crippen molar-refractivity contribution in [1.29, 1.82) is 0 Å². The fourth-order valence-corrected chi connectivity index (χ4v) is 3.04. The van der Waals surface area contributed by atoms with Gasteiger partial charge in [-0.2, -0.15) is 13.2 Å². The first-order valence-corrected chi connectivity index (χ1v) is 10.2. The summed E-state index contributed by atoms with van der Waals surface area (Å²) in [5.74, 6) is -1.76. The summed E-state index contributed by atoms with van der Waals surface area (Å²) >= 11 is 5.52. The predicted octanol–water partition coefficient (Wildman–Crippen LogP) is 3.95. The Morgan fingerprint density at radius 2 is 1.69 bits per heavy atom. The number of carbonyl (C=O) groups excluding carboxylic acids is 2. The summed E-state index contributed by atoms with van der Waals surface area (Å²) in [6.07, 6.45) is -5.02. The molecule has 2 rings (SSSR count). The summed E-state index contributed by atoms with van der Waals surface area (Å²) in [5, 5.41) is 1.69. The van der Waals surface area contributed by atoms with Gasteiger partial charge in [0.05, 0.1) is 21.0 Å². The van der Waals surface area contributed by atoms with E-state index in [1.54, 1.807) is 0 Å². The van der Waals surface area contributed by atoms with Gasteiger partial charge in [-0.05, 0) is 49.4 Å². The Kier molecular flexibility index (Phi) is 6.59. The quantitative estimate of drug-likeness (QED) is 0.698. The lowest BCUT2D eigenvalue weighted by Crippen LogP contribution is -2.30. The number of rotatable bonds is 5. The van der Waals surface area contributed by atoms with E-state index >= 15 is 0 Å². The fourth-order valence-electron chi connectivity index (χ4n) is 2.18. The highest BCUT2D eigenvalue weighted by Gasteiger charge is 2.33. The summed E-state index contributed by atoms with van der Waals surface area (Å²) in [7, 11) is -3.44. The molecule has 1 N–H and O–H groups in total. The fraction of sp³-hybridized carbons (Fsp3) is 0.222. The first-order chi connectivity index (χ1) is 13.3. The highest BCUT2D eigenvalue weighted by molar-refractivity contribution is 7.90. The zero-order valence-corrected chi connectivity index (χ0v) is 16.7. The van der Waals surface area contributed by atoms with Gasteiger partial charge in [0, 0.05) is 11.9 Å². The highest BCUT2D eigenvalue weighted by Crippen LogP contribution is 2.36. The van der Waals surface area contributed by atoms with E-state index in [2.05, 4.69) is 5.32 Å². The molecule has 2 aromatic rings. The van der Waals surface area contributed by atoms with E-state index in [1.807, 2.05) is 0 Å². The van der Waals surface area contributed by atoms with Crippen molar-refractivity contribution in [3.63, 3.8) is 0 Å². The Bertz CT molecular complexity index is 1040. The van der Waals surface area contributed by atoms with Crippen LogP contribution in [-0.2, 0) is 25.5 Å². The van der Waals surface area contributed by atoms with Crippen molar-refractivity contribution in [2.45, 2.75) is 24.1 Å². The van der Waals surface area contributed by atoms with Gasteiger partial charge >= 0.3 is 12.1 Å². The second kappa shape index (κ2) is 8.42. The van der Waals surface area contributed by atoms with Crippen LogP contribution in [0, 0.1) is 0 Å². The summed E-state index contributed by atoms with van der Waals surface area (Å²) < 4.78 is 66.4. The first kappa shape index (κ1) is 22.7. The first-order valence-electron chi connectivity index (χ1n) is 7.98. The van der Waals surface area contributed by atoms with E-state index in [1.165, 1.54) is 37.3 Å². The van der Waals surface area contributed by atoms with Crippen LogP contribution in [0.3, 0.4) is 0 Å². The number of benzene rings is 2. The van der Waals surface area contributed by atoms with Gasteiger partial charge in [0.1, 0.15) is 0 Å². The molecule has 0 aliphatic carbocycles. The van der Waals surface area contributed by atoms with Gasteiger partial charge in [0.2, 0.25) is 0 Å². The Morgan fingerprint density at radius 3 is 2.21 bits per heavy atom. The van der Waals surface area contributed by atoms with Gasteiger partial charge in [0.25, 0.3) is 5.91 Å². The molecule has 0 saturated carbocycles. The van der Waals surface area contributed by atoms with Crippen LogP contribution in [0.2, 0.25) is 5.02 Å². The van der Waals surface area contributed by atoms with E-state index in [-0.39, 0.29) is 16.1 Å². The molecular weight excluding hydrogens is 435 g/mol. The largest absolute Gasteiger partial charge is 0.449 e. The number of nitrogens with one attached hydrogen (secondary N) is 1. The number of hydrogen-bond donors (Lipinski definition) is 1. The lowest BCUT2D eigenvalue weighted by Gasteiger charge is -2.15. The number of ether oxygens (including phenoxy) is 1. The molecular formula is C18H15ClF3NO5S. The van der Waals surface area contributed by atoms with Crippen LogP contribution in [0.4, 0.5) is 18.9 Å². The smallest absolute Gasteiger partial charge is 0.417 e. The normalized spacial score (nSPS) is 12.9. The molecule has 0 aliphatic rings. The Morgan fingerprint density at radius 1 is 1.10 bits per heavy atom. The monoisotopic (exact) mass is 449 g/mol. The van der Waals surface area contributed by atoms with Gasteiger partial charge in [-0.25, -0.2) is 13.2 Å². The molecule has 0 aromatic heterocycles. The van der Waals surface area contributed by atoms with Crippen molar-refractivity contribution in [3.05, 3.63) is 58.6 Å². The van der Waals surface area contributed by atoms with Gasteiger partial charge in [-0.3, -0.25) is 4.79 Å². The van der Waals surface area contributed by atoms with Crippen molar-refractivity contribution >= 4 is 39.0 Å². The number of sulfone groups is 1. The predicted molar refractivity (Wildman–Crippen MR) is 99.5 cm³/mol. The van der Waals surface area contributed by atoms with E-state index in [9.17, 15) is 31.2 Å². The van der Waals surface area contributed by atoms with Gasteiger partial charge in [-0.1, -0.05) is 11.6 Å². The van der Waals surface area contributed by atoms with Gasteiger partial charge in [-0.15, -0.1) is 0 Å². The maximum atomic E-state index is 12.9. The van der Waals surface area contributed by atoms with Crippen molar-refractivity contribution in [2.75, 3.05) is 11.6 Å². The van der Waals surface area contributed by atoms with Crippen LogP contribution in [0.1, 0.15) is 22.8 Å². The third-order valence-electron chi connectivity index (χ3n) is 3.71. The zero-order valence-electron chi connectivity index (χ0n) is 15.1. The second-order valence-electron chi connectivity index (χ2n) is 6.03. The average molecular weight is 450 g/mol. The molecule has 0 bridgehead atoms. The van der Waals surface area contributed by atoms with Crippen molar-refractivity contribution in [1.82, 2.24) is 0 Å². The van der Waals surface area contributed by atoms with Crippen molar-refractivity contribution < 1.29 is 35.9 Å². The molecule has 156 valence electrons. The Balaban J connectivity index is 2.06. The maximum Gasteiger partial charge on any atom is 0.417 e. The number of hydrogen-bond acceptors (Lipinski definition) is 5. The average Bonchev–Trinajstić information content (AvgIpc) is 2.61. The topological polar surface area (TPSA) is 89.5 Å². The summed E-state index contributed by atoms with van der Waals surface area (Å²) in [5.41, 5.74) is -1.29. The number of halogens is 4. The van der Waals surface area contributed by atoms with Crippen LogP contribution in [0.25, 0.3) is 0 Å². The lowest BCUT2D eigenvalue weighted by molar-refractivity contribution is -0.137. The number of amides is 1. The molecule has 29 heavy (non-hydrogen) atoms. The minimum Gasteiger partial charge on any atom is -0.449 e. The van der Waals surface area contributed by atoms with E-state index < -0.39 is 44.6 Å². The van der Waals surface area contributed by atoms with E-state index in [4.69, 9.17) is 16.3 Å². The van der Waals surface area contributed by atoms with E-state index in [0.29, 0.717) is 6.07 Å². The summed E-state index contributed by atoms with van der Waals surface area (Å²) in [6.45, 7) is 1.23. The van der Waals surface area contributed by atoms with E-state index in [0.717, 1.165) is 12.3 Å². The van der Waals surface area contributed by atoms with Crippen molar-refractivity contribution in [3.8, 4) is 0 Å². The summed E-state index contributed by atoms with van der Waals surface area (Å²) in [6, 6.07) is 7.69. The van der Waals surface area contributed by atoms with Crippen LogP contribution in [-0.4, -0.2) is 32.7 Å². The number of anilines is 1. The van der Waals surface area contributed by atoms with Crippen LogP contribution >= 0.6 is 11.6 Å². The van der Waals surface area contributed by atoms with Crippen LogP contribution in [0.15, 0.2) is 47.4 Å². The molecule has 1 amide bonds. The molecule has 0 fully saturated rings. The highest BCUT2D eigenvalue weighted by atomic mass is 35.5. The maximum absolute atomic E-state index is 12.9. The molecule has 1 atom stereocenters. The zero-order chi connectivity index (χ0) is 22.0. The molecule has 1 unspecified atom stereocenters. The molecule has 6 nitrogen and oxygen atoms in total. The molecule has 2 aromatic carbocycles. The summed E-state index contributed by atoms with van der Waals surface area (Å²) in [4.78, 5) is 24.2. The Labute approximate surface area is 169 Å². The molecule has 0 saturated heterocycles. The third kappa shape index (κ3) is 5.94. The number of carbonyl (C=O) groups is 2. The lowest BCUT2D eigenvalue weighted by atomic mass is 10.2.